The van der Waals surface area contributed by atoms with E-state index in [9.17, 15) is 0 Å². The van der Waals surface area contributed by atoms with Crippen molar-refractivity contribution >= 4 is 96.7 Å². The summed E-state index contributed by atoms with van der Waals surface area (Å²) < 4.78 is 4.99. The Morgan fingerprint density at radius 3 is 1.78 bits per heavy atom. The number of fused-ring (bicyclic) bond motifs is 15. The Hall–Kier alpha value is -6.88. The molecule has 0 unspecified atom stereocenters. The van der Waals surface area contributed by atoms with E-state index in [-0.39, 0.29) is 0 Å². The topological polar surface area (TPSA) is 30.7 Å². The third-order valence-corrected chi connectivity index (χ3v) is 12.4. The maximum Gasteiger partial charge on any atom is 0.165 e. The molecule has 0 spiro atoms. The minimum absolute atomic E-state index is 0.830. The minimum atomic E-state index is 0.830. The molecule has 0 bridgehead atoms. The van der Waals surface area contributed by atoms with Crippen LogP contribution in [-0.2, 0) is 0 Å². The van der Waals surface area contributed by atoms with Crippen molar-refractivity contribution < 1.29 is 0 Å². The van der Waals surface area contributed by atoms with Crippen LogP contribution in [-0.4, -0.2) is 14.5 Å². The van der Waals surface area contributed by atoms with Gasteiger partial charge in [-0.25, -0.2) is 9.97 Å². The maximum absolute atomic E-state index is 5.70. The fourth-order valence-electron chi connectivity index (χ4n) is 8.71. The van der Waals surface area contributed by atoms with Gasteiger partial charge in [0.15, 0.2) is 5.82 Å². The van der Waals surface area contributed by atoms with Crippen LogP contribution in [0.15, 0.2) is 176 Å². The summed E-state index contributed by atoms with van der Waals surface area (Å²) in [5.74, 6) is 0.830. The number of para-hydroxylation sites is 1. The van der Waals surface area contributed by atoms with E-state index < -0.39 is 0 Å². The molecule has 0 fully saturated rings. The molecule has 0 amide bonds. The third kappa shape index (κ3) is 4.17. The highest BCUT2D eigenvalue weighted by molar-refractivity contribution is 7.27. The van der Waals surface area contributed by atoms with Crippen molar-refractivity contribution in [3.8, 4) is 28.2 Å². The van der Waals surface area contributed by atoms with Crippen molar-refractivity contribution in [2.24, 2.45) is 0 Å². The molecule has 12 aromatic rings. The van der Waals surface area contributed by atoms with Crippen molar-refractivity contribution in [3.63, 3.8) is 0 Å². The number of nitrogens with zero attached hydrogens (tertiary/aromatic N) is 3. The molecule has 0 aliphatic heterocycles. The highest BCUT2D eigenvalue weighted by Gasteiger charge is 2.25. The van der Waals surface area contributed by atoms with Crippen molar-refractivity contribution in [1.29, 1.82) is 0 Å². The SMILES string of the molecule is c1ccc(-c2ccc(-c3nc4ccc5ccccc5c4nc3-n3c4ccccc4c4c5ccccc5c5c6ccc7ccccc7c6sc5c43)cc2)cc1. The van der Waals surface area contributed by atoms with Gasteiger partial charge in [-0.1, -0.05) is 164 Å². The first-order chi connectivity index (χ1) is 26.8. The first-order valence-corrected chi connectivity index (χ1v) is 19.2. The van der Waals surface area contributed by atoms with Crippen molar-refractivity contribution in [2.75, 3.05) is 0 Å². The van der Waals surface area contributed by atoms with E-state index in [2.05, 4.69) is 180 Å². The van der Waals surface area contributed by atoms with Gasteiger partial charge in [0.25, 0.3) is 0 Å². The van der Waals surface area contributed by atoms with Crippen molar-refractivity contribution in [2.45, 2.75) is 0 Å². The lowest BCUT2D eigenvalue weighted by Crippen LogP contribution is -2.04. The zero-order valence-electron chi connectivity index (χ0n) is 29.0. The molecular weight excluding hydrogens is 675 g/mol. The number of hydrogen-bond donors (Lipinski definition) is 0. The molecule has 0 aliphatic rings. The lowest BCUT2D eigenvalue weighted by molar-refractivity contribution is 1.09. The van der Waals surface area contributed by atoms with Crippen LogP contribution in [0.1, 0.15) is 0 Å². The number of thiophene rings is 1. The summed E-state index contributed by atoms with van der Waals surface area (Å²) in [6, 6.07) is 63.3. The van der Waals surface area contributed by atoms with E-state index in [4.69, 9.17) is 9.97 Å². The zero-order valence-corrected chi connectivity index (χ0v) is 29.8. The van der Waals surface area contributed by atoms with Crippen molar-refractivity contribution in [1.82, 2.24) is 14.5 Å². The second-order valence-corrected chi connectivity index (χ2v) is 15.1. The Balaban J connectivity index is 1.28. The van der Waals surface area contributed by atoms with E-state index in [0.29, 0.717) is 0 Å². The van der Waals surface area contributed by atoms with Gasteiger partial charge in [-0.15, -0.1) is 11.3 Å². The molecule has 0 atom stereocenters. The first kappa shape index (κ1) is 29.7. The average molecular weight is 704 g/mol. The fourth-order valence-corrected chi connectivity index (χ4v) is 10.1. The highest BCUT2D eigenvalue weighted by Crippen LogP contribution is 2.49. The van der Waals surface area contributed by atoms with Crippen LogP contribution < -0.4 is 0 Å². The lowest BCUT2D eigenvalue weighted by Gasteiger charge is -2.15. The van der Waals surface area contributed by atoms with Crippen LogP contribution in [0.4, 0.5) is 0 Å². The number of aromatic nitrogens is 3. The molecule has 3 aromatic heterocycles. The third-order valence-electron chi connectivity index (χ3n) is 11.2. The van der Waals surface area contributed by atoms with Gasteiger partial charge in [0, 0.05) is 37.2 Å². The van der Waals surface area contributed by atoms with E-state index in [1.807, 2.05) is 11.3 Å². The van der Waals surface area contributed by atoms with Gasteiger partial charge < -0.3 is 0 Å². The summed E-state index contributed by atoms with van der Waals surface area (Å²) in [5, 5.41) is 12.3. The minimum Gasteiger partial charge on any atom is -0.290 e. The summed E-state index contributed by atoms with van der Waals surface area (Å²) in [4.78, 5) is 11.2. The van der Waals surface area contributed by atoms with Gasteiger partial charge in [0.2, 0.25) is 0 Å². The first-order valence-electron chi connectivity index (χ1n) is 18.3. The van der Waals surface area contributed by atoms with Crippen LogP contribution in [0.25, 0.3) is 114 Å². The Bertz CT molecular complexity index is 3490. The van der Waals surface area contributed by atoms with Gasteiger partial charge in [-0.3, -0.25) is 4.57 Å². The lowest BCUT2D eigenvalue weighted by atomic mass is 9.98. The van der Waals surface area contributed by atoms with Gasteiger partial charge in [0.05, 0.1) is 26.8 Å². The molecule has 3 heterocycles. The molecule has 0 saturated heterocycles. The Morgan fingerprint density at radius 1 is 0.389 bits per heavy atom. The van der Waals surface area contributed by atoms with Gasteiger partial charge in [-0.05, 0) is 50.2 Å². The second-order valence-electron chi connectivity index (χ2n) is 14.1. The summed E-state index contributed by atoms with van der Waals surface area (Å²) in [5.41, 5.74) is 8.31. The van der Waals surface area contributed by atoms with E-state index in [1.54, 1.807) is 0 Å². The number of hydrogen-bond acceptors (Lipinski definition) is 3. The average Bonchev–Trinajstić information content (AvgIpc) is 3.81. The molecule has 54 heavy (non-hydrogen) atoms. The summed E-state index contributed by atoms with van der Waals surface area (Å²) in [6.45, 7) is 0. The van der Waals surface area contributed by atoms with E-state index in [0.717, 1.165) is 44.4 Å². The predicted molar refractivity (Wildman–Crippen MR) is 230 cm³/mol. The highest BCUT2D eigenvalue weighted by atomic mass is 32.1. The summed E-state index contributed by atoms with van der Waals surface area (Å²) >= 11 is 1.90. The van der Waals surface area contributed by atoms with Crippen LogP contribution in [0.5, 0.6) is 0 Å². The molecule has 250 valence electrons. The molecule has 3 nitrogen and oxygen atoms in total. The molecule has 4 heteroatoms. The molecule has 12 rings (SSSR count). The van der Waals surface area contributed by atoms with Gasteiger partial charge >= 0.3 is 0 Å². The summed E-state index contributed by atoms with van der Waals surface area (Å²) in [6.07, 6.45) is 0. The fraction of sp³-hybridized carbons (Fsp3) is 0. The number of benzene rings is 9. The zero-order chi connectivity index (χ0) is 35.3. The number of rotatable bonds is 3. The molecule has 0 saturated carbocycles. The van der Waals surface area contributed by atoms with Gasteiger partial charge in [-0.2, -0.15) is 0 Å². The van der Waals surface area contributed by atoms with Crippen molar-refractivity contribution in [3.05, 3.63) is 176 Å². The Labute approximate surface area is 314 Å². The second kappa shape index (κ2) is 11.3. The Kier molecular flexibility index (Phi) is 6.21. The summed E-state index contributed by atoms with van der Waals surface area (Å²) in [7, 11) is 0. The standard InChI is InChI=1S/C50H29N3S/c1-2-12-30(13-3-1)31-22-24-34(25-23-31)45-50(52-46-35-16-6-4-14-32(35)27-29-41(46)51-45)53-42-21-11-10-20-39(42)43-37-18-8-9-19-38(37)44-40-28-26-33-15-5-7-17-36(33)48(40)54-49(44)47(43)53/h1-29H. The van der Waals surface area contributed by atoms with Crippen LogP contribution >= 0.6 is 11.3 Å². The van der Waals surface area contributed by atoms with E-state index in [1.165, 1.54) is 69.1 Å². The monoisotopic (exact) mass is 703 g/mol. The van der Waals surface area contributed by atoms with Crippen LogP contribution in [0.3, 0.4) is 0 Å². The molecule has 9 aromatic carbocycles. The normalized spacial score (nSPS) is 12.1. The molecule has 0 aliphatic carbocycles. The van der Waals surface area contributed by atoms with E-state index >= 15 is 0 Å². The van der Waals surface area contributed by atoms with Crippen LogP contribution in [0, 0.1) is 0 Å². The quantitative estimate of drug-likeness (QED) is 0.172. The molecular formula is C50H29N3S. The smallest absolute Gasteiger partial charge is 0.165 e. The van der Waals surface area contributed by atoms with Gasteiger partial charge in [0.1, 0.15) is 5.69 Å². The molecule has 0 N–H and O–H groups in total. The Morgan fingerprint density at radius 2 is 0.981 bits per heavy atom. The maximum atomic E-state index is 5.70. The largest absolute Gasteiger partial charge is 0.290 e. The van der Waals surface area contributed by atoms with Crippen LogP contribution in [0.2, 0.25) is 0 Å². The predicted octanol–water partition coefficient (Wildman–Crippen LogP) is 13.9. The molecule has 0 radical (unpaired) electrons.